The monoisotopic (exact) mass is 300 g/mol. The summed E-state index contributed by atoms with van der Waals surface area (Å²) in [4.78, 5) is 21.6. The lowest BCUT2D eigenvalue weighted by atomic mass is 10.2. The number of aromatic carboxylic acids is 2. The average Bonchev–Trinajstić information content (AvgIpc) is 2.47. The van der Waals surface area contributed by atoms with Crippen LogP contribution in [0.15, 0.2) is 61.1 Å². The smallest absolute Gasteiger partial charge is 0.335 e. The first kappa shape index (κ1) is 15.1. The van der Waals surface area contributed by atoms with Crippen LogP contribution in [-0.2, 0) is 0 Å². The fourth-order valence-corrected chi connectivity index (χ4v) is 1.64. The SMILES string of the molecule is C=C(Oc1ccc(C(=O)O)cc1)Oc1cccc(C(=O)O)c1. The summed E-state index contributed by atoms with van der Waals surface area (Å²) in [6.45, 7) is 3.57. The van der Waals surface area contributed by atoms with E-state index in [-0.39, 0.29) is 22.8 Å². The molecule has 0 saturated heterocycles. The molecule has 2 aromatic rings. The third-order valence-electron chi connectivity index (χ3n) is 2.65. The van der Waals surface area contributed by atoms with Crippen LogP contribution in [0.3, 0.4) is 0 Å². The summed E-state index contributed by atoms with van der Waals surface area (Å²) in [5, 5.41) is 17.7. The van der Waals surface area contributed by atoms with Gasteiger partial charge in [0.1, 0.15) is 11.5 Å². The van der Waals surface area contributed by atoms with Crippen LogP contribution in [0, 0.1) is 0 Å². The molecule has 6 nitrogen and oxygen atoms in total. The molecular weight excluding hydrogens is 288 g/mol. The number of hydrogen-bond donors (Lipinski definition) is 2. The lowest BCUT2D eigenvalue weighted by Crippen LogP contribution is -2.04. The largest absolute Gasteiger partial charge is 0.478 e. The molecule has 6 heteroatoms. The molecule has 2 N–H and O–H groups in total. The second kappa shape index (κ2) is 6.45. The quantitative estimate of drug-likeness (QED) is 0.796. The average molecular weight is 300 g/mol. The van der Waals surface area contributed by atoms with E-state index < -0.39 is 11.9 Å². The normalized spacial score (nSPS) is 9.82. The van der Waals surface area contributed by atoms with Crippen LogP contribution < -0.4 is 9.47 Å². The van der Waals surface area contributed by atoms with Gasteiger partial charge in [-0.05, 0) is 49.0 Å². The second-order valence-corrected chi connectivity index (χ2v) is 4.24. The van der Waals surface area contributed by atoms with E-state index in [1.165, 1.54) is 42.5 Å². The number of ether oxygens (including phenoxy) is 2. The highest BCUT2D eigenvalue weighted by Gasteiger charge is 2.07. The molecular formula is C16H12O6. The van der Waals surface area contributed by atoms with Gasteiger partial charge in [0.15, 0.2) is 0 Å². The Labute approximate surface area is 125 Å². The molecule has 0 fully saturated rings. The van der Waals surface area contributed by atoms with Crippen LogP contribution in [0.2, 0.25) is 0 Å². The number of carboxylic acids is 2. The molecule has 0 amide bonds. The van der Waals surface area contributed by atoms with Crippen molar-refractivity contribution < 1.29 is 29.3 Å². The van der Waals surface area contributed by atoms with Crippen LogP contribution in [0.4, 0.5) is 0 Å². The summed E-state index contributed by atoms with van der Waals surface area (Å²) in [5.74, 6) is -1.55. The summed E-state index contributed by atoms with van der Waals surface area (Å²) in [6, 6.07) is 11.6. The lowest BCUT2D eigenvalue weighted by Gasteiger charge is -2.10. The van der Waals surface area contributed by atoms with Gasteiger partial charge in [0.05, 0.1) is 11.1 Å². The molecule has 0 aliphatic heterocycles. The Morgan fingerprint density at radius 3 is 2.00 bits per heavy atom. The molecule has 2 aromatic carbocycles. The van der Waals surface area contributed by atoms with Crippen molar-refractivity contribution in [3.05, 3.63) is 72.2 Å². The van der Waals surface area contributed by atoms with Crippen molar-refractivity contribution in [1.29, 1.82) is 0 Å². The van der Waals surface area contributed by atoms with E-state index in [1.807, 2.05) is 0 Å². The molecule has 0 bridgehead atoms. The fourth-order valence-electron chi connectivity index (χ4n) is 1.64. The van der Waals surface area contributed by atoms with E-state index in [1.54, 1.807) is 6.07 Å². The van der Waals surface area contributed by atoms with Crippen molar-refractivity contribution in [1.82, 2.24) is 0 Å². The number of carboxylic acid groups (broad SMARTS) is 2. The van der Waals surface area contributed by atoms with Gasteiger partial charge in [0.2, 0.25) is 0 Å². The number of rotatable bonds is 6. The molecule has 0 atom stereocenters. The Hall–Kier alpha value is -3.28. The summed E-state index contributed by atoms with van der Waals surface area (Å²) in [6.07, 6.45) is 0. The van der Waals surface area contributed by atoms with Gasteiger partial charge >= 0.3 is 11.9 Å². The van der Waals surface area contributed by atoms with Crippen molar-refractivity contribution in [2.75, 3.05) is 0 Å². The molecule has 2 rings (SSSR count). The zero-order valence-electron chi connectivity index (χ0n) is 11.4. The number of hydrogen-bond acceptors (Lipinski definition) is 4. The molecule has 0 heterocycles. The zero-order chi connectivity index (χ0) is 16.1. The second-order valence-electron chi connectivity index (χ2n) is 4.24. The molecule has 0 spiro atoms. The van der Waals surface area contributed by atoms with Gasteiger partial charge in [-0.3, -0.25) is 0 Å². The standard InChI is InChI=1S/C16H12O6/c1-10(21-13-7-5-11(6-8-13)15(17)18)22-14-4-2-3-12(9-14)16(19)20/h2-9H,1H2,(H,17,18)(H,19,20). The third-order valence-corrected chi connectivity index (χ3v) is 2.65. The molecule has 112 valence electrons. The van der Waals surface area contributed by atoms with Crippen molar-refractivity contribution in [2.24, 2.45) is 0 Å². The fraction of sp³-hybridized carbons (Fsp3) is 0. The van der Waals surface area contributed by atoms with Gasteiger partial charge in [-0.15, -0.1) is 0 Å². The molecule has 0 radical (unpaired) electrons. The highest BCUT2D eigenvalue weighted by atomic mass is 16.7. The van der Waals surface area contributed by atoms with Gasteiger partial charge in [0.25, 0.3) is 5.95 Å². The van der Waals surface area contributed by atoms with Gasteiger partial charge < -0.3 is 19.7 Å². The lowest BCUT2D eigenvalue weighted by molar-refractivity contribution is 0.0685. The Morgan fingerprint density at radius 1 is 0.818 bits per heavy atom. The Balaban J connectivity index is 2.02. The van der Waals surface area contributed by atoms with E-state index in [0.717, 1.165) is 0 Å². The predicted octanol–water partition coefficient (Wildman–Crippen LogP) is 3.01. The Bertz CT molecular complexity index is 718. The van der Waals surface area contributed by atoms with Crippen LogP contribution in [-0.4, -0.2) is 22.2 Å². The maximum atomic E-state index is 10.9. The Kier molecular flexibility index (Phi) is 4.43. The zero-order valence-corrected chi connectivity index (χ0v) is 11.4. The van der Waals surface area contributed by atoms with Gasteiger partial charge in [-0.2, -0.15) is 0 Å². The number of carbonyl (C=O) groups is 2. The summed E-state index contributed by atoms with van der Waals surface area (Å²) in [7, 11) is 0. The van der Waals surface area contributed by atoms with E-state index in [9.17, 15) is 9.59 Å². The molecule has 0 aliphatic carbocycles. The van der Waals surface area contributed by atoms with E-state index in [2.05, 4.69) is 6.58 Å². The summed E-state index contributed by atoms with van der Waals surface area (Å²) >= 11 is 0. The molecule has 0 saturated carbocycles. The molecule has 22 heavy (non-hydrogen) atoms. The first-order valence-corrected chi connectivity index (χ1v) is 6.17. The highest BCUT2D eigenvalue weighted by molar-refractivity contribution is 5.88. The molecule has 0 unspecified atom stereocenters. The molecule has 0 aliphatic rings. The highest BCUT2D eigenvalue weighted by Crippen LogP contribution is 2.19. The van der Waals surface area contributed by atoms with Crippen molar-refractivity contribution in [2.45, 2.75) is 0 Å². The third kappa shape index (κ3) is 3.86. The first-order valence-electron chi connectivity index (χ1n) is 6.17. The minimum Gasteiger partial charge on any atom is -0.478 e. The first-order chi connectivity index (χ1) is 10.5. The van der Waals surface area contributed by atoms with Gasteiger partial charge in [-0.1, -0.05) is 6.07 Å². The maximum Gasteiger partial charge on any atom is 0.335 e. The molecule has 0 aromatic heterocycles. The van der Waals surface area contributed by atoms with Crippen molar-refractivity contribution in [3.63, 3.8) is 0 Å². The minimum atomic E-state index is -1.07. The Morgan fingerprint density at radius 2 is 1.41 bits per heavy atom. The predicted molar refractivity (Wildman–Crippen MR) is 77.2 cm³/mol. The minimum absolute atomic E-state index is 0.0642. The number of benzene rings is 2. The van der Waals surface area contributed by atoms with E-state index >= 15 is 0 Å². The van der Waals surface area contributed by atoms with Crippen LogP contribution in [0.25, 0.3) is 0 Å². The van der Waals surface area contributed by atoms with Crippen LogP contribution in [0.1, 0.15) is 20.7 Å². The van der Waals surface area contributed by atoms with E-state index in [0.29, 0.717) is 5.75 Å². The summed E-state index contributed by atoms with van der Waals surface area (Å²) in [5.41, 5.74) is 0.212. The van der Waals surface area contributed by atoms with Crippen LogP contribution in [0.5, 0.6) is 11.5 Å². The van der Waals surface area contributed by atoms with E-state index in [4.69, 9.17) is 19.7 Å². The van der Waals surface area contributed by atoms with Gasteiger partial charge in [-0.25, -0.2) is 9.59 Å². The van der Waals surface area contributed by atoms with Crippen molar-refractivity contribution >= 4 is 11.9 Å². The van der Waals surface area contributed by atoms with Gasteiger partial charge in [0, 0.05) is 0 Å². The van der Waals surface area contributed by atoms with Crippen molar-refractivity contribution in [3.8, 4) is 11.5 Å². The van der Waals surface area contributed by atoms with Crippen LogP contribution >= 0.6 is 0 Å². The maximum absolute atomic E-state index is 10.9. The topological polar surface area (TPSA) is 93.1 Å². The summed E-state index contributed by atoms with van der Waals surface area (Å²) < 4.78 is 10.6.